The van der Waals surface area contributed by atoms with E-state index in [1.165, 1.54) is 0 Å². The van der Waals surface area contributed by atoms with Crippen LogP contribution in [-0.4, -0.2) is 33.1 Å². The first kappa shape index (κ1) is 14.6. The fourth-order valence-electron chi connectivity index (χ4n) is 2.75. The van der Waals surface area contributed by atoms with Gasteiger partial charge in [-0.3, -0.25) is 9.89 Å². The topological polar surface area (TPSA) is 95.6 Å². The predicted molar refractivity (Wildman–Crippen MR) is 92.8 cm³/mol. The van der Waals surface area contributed by atoms with Crippen LogP contribution in [0, 0.1) is 12.8 Å². The SMILES string of the molecule is CNc1ncc(-c2cc(C)n[nH]2)c2cc(NC(=O)C3CC3)ncc12. The normalized spacial score (nSPS) is 13.9. The molecule has 3 heterocycles. The minimum absolute atomic E-state index is 0.0451. The lowest BCUT2D eigenvalue weighted by Gasteiger charge is -2.11. The highest BCUT2D eigenvalue weighted by Crippen LogP contribution is 2.33. The van der Waals surface area contributed by atoms with Crippen LogP contribution >= 0.6 is 0 Å². The zero-order valence-electron chi connectivity index (χ0n) is 13.6. The van der Waals surface area contributed by atoms with Crippen molar-refractivity contribution in [3.63, 3.8) is 0 Å². The molecule has 3 aromatic heterocycles. The van der Waals surface area contributed by atoms with Crippen LogP contribution in [0.1, 0.15) is 18.5 Å². The lowest BCUT2D eigenvalue weighted by molar-refractivity contribution is -0.117. The molecule has 0 atom stereocenters. The molecule has 1 aliphatic rings. The number of aryl methyl sites for hydroxylation is 1. The van der Waals surface area contributed by atoms with E-state index in [2.05, 4.69) is 30.8 Å². The van der Waals surface area contributed by atoms with Crippen molar-refractivity contribution in [3.8, 4) is 11.3 Å². The first-order valence-corrected chi connectivity index (χ1v) is 7.95. The van der Waals surface area contributed by atoms with Crippen LogP contribution in [-0.2, 0) is 4.79 Å². The highest BCUT2D eigenvalue weighted by atomic mass is 16.2. The second-order valence-electron chi connectivity index (χ2n) is 6.07. The number of hydrogen-bond acceptors (Lipinski definition) is 5. The number of amides is 1. The summed E-state index contributed by atoms with van der Waals surface area (Å²) in [5.74, 6) is 1.49. The molecule has 24 heavy (non-hydrogen) atoms. The van der Waals surface area contributed by atoms with E-state index in [0.717, 1.165) is 46.4 Å². The van der Waals surface area contributed by atoms with Crippen LogP contribution in [0.15, 0.2) is 24.5 Å². The Labute approximate surface area is 138 Å². The number of rotatable bonds is 4. The quantitative estimate of drug-likeness (QED) is 0.686. The number of pyridine rings is 2. The molecule has 0 bridgehead atoms. The molecule has 0 aliphatic heterocycles. The summed E-state index contributed by atoms with van der Waals surface area (Å²) < 4.78 is 0. The van der Waals surface area contributed by atoms with Crippen molar-refractivity contribution in [3.05, 3.63) is 30.2 Å². The van der Waals surface area contributed by atoms with E-state index in [-0.39, 0.29) is 11.8 Å². The molecule has 3 N–H and O–H groups in total. The summed E-state index contributed by atoms with van der Waals surface area (Å²) in [6.07, 6.45) is 5.47. The maximum Gasteiger partial charge on any atom is 0.228 e. The van der Waals surface area contributed by atoms with Gasteiger partial charge in [-0.1, -0.05) is 0 Å². The molecule has 7 heteroatoms. The summed E-state index contributed by atoms with van der Waals surface area (Å²) in [7, 11) is 1.82. The molecule has 4 rings (SSSR count). The number of fused-ring (bicyclic) bond motifs is 1. The minimum Gasteiger partial charge on any atom is -0.373 e. The molecule has 1 fully saturated rings. The Hall–Kier alpha value is -2.96. The zero-order valence-corrected chi connectivity index (χ0v) is 13.6. The highest BCUT2D eigenvalue weighted by Gasteiger charge is 2.29. The Bertz CT molecular complexity index is 928. The molecule has 0 spiro atoms. The van der Waals surface area contributed by atoms with Gasteiger partial charge < -0.3 is 10.6 Å². The maximum atomic E-state index is 12.0. The first-order valence-electron chi connectivity index (χ1n) is 7.95. The lowest BCUT2D eigenvalue weighted by atomic mass is 10.1. The van der Waals surface area contributed by atoms with Gasteiger partial charge in [0.1, 0.15) is 11.6 Å². The second kappa shape index (κ2) is 5.59. The van der Waals surface area contributed by atoms with Crippen LogP contribution < -0.4 is 10.6 Å². The third kappa shape index (κ3) is 2.58. The van der Waals surface area contributed by atoms with Crippen molar-refractivity contribution in [1.29, 1.82) is 0 Å². The Morgan fingerprint density at radius 3 is 2.71 bits per heavy atom. The molecule has 0 aromatic carbocycles. The summed E-state index contributed by atoms with van der Waals surface area (Å²) in [6.45, 7) is 1.93. The maximum absolute atomic E-state index is 12.0. The van der Waals surface area contributed by atoms with Gasteiger partial charge in [0, 0.05) is 41.7 Å². The molecule has 1 aliphatic carbocycles. The third-order valence-corrected chi connectivity index (χ3v) is 4.20. The minimum atomic E-state index is 0.0451. The van der Waals surface area contributed by atoms with Crippen molar-refractivity contribution < 1.29 is 4.79 Å². The number of aromatic nitrogens is 4. The van der Waals surface area contributed by atoms with Gasteiger partial charge in [-0.25, -0.2) is 9.97 Å². The molecule has 1 amide bonds. The number of hydrogen-bond donors (Lipinski definition) is 3. The van der Waals surface area contributed by atoms with Crippen LogP contribution in [0.3, 0.4) is 0 Å². The molecule has 0 saturated heterocycles. The van der Waals surface area contributed by atoms with Crippen molar-refractivity contribution in [2.75, 3.05) is 17.7 Å². The molecule has 122 valence electrons. The van der Waals surface area contributed by atoms with Gasteiger partial charge in [0.2, 0.25) is 5.91 Å². The van der Waals surface area contributed by atoms with Gasteiger partial charge in [0.05, 0.1) is 11.4 Å². The first-order chi connectivity index (χ1) is 11.7. The average Bonchev–Trinajstić information content (AvgIpc) is 3.35. The summed E-state index contributed by atoms with van der Waals surface area (Å²) >= 11 is 0. The van der Waals surface area contributed by atoms with E-state index in [9.17, 15) is 4.79 Å². The number of nitrogens with one attached hydrogen (secondary N) is 3. The number of H-pyrrole nitrogens is 1. The smallest absolute Gasteiger partial charge is 0.228 e. The van der Waals surface area contributed by atoms with Crippen LogP contribution in [0.25, 0.3) is 22.0 Å². The molecule has 3 aromatic rings. The van der Waals surface area contributed by atoms with Gasteiger partial charge >= 0.3 is 0 Å². The van der Waals surface area contributed by atoms with Gasteiger partial charge in [-0.15, -0.1) is 0 Å². The van der Waals surface area contributed by atoms with Gasteiger partial charge in [0.15, 0.2) is 0 Å². The molecular formula is C17H18N6O. The Kier molecular flexibility index (Phi) is 3.41. The summed E-state index contributed by atoms with van der Waals surface area (Å²) in [4.78, 5) is 20.8. The van der Waals surface area contributed by atoms with Gasteiger partial charge in [-0.05, 0) is 31.9 Å². The van der Waals surface area contributed by atoms with Crippen molar-refractivity contribution in [2.45, 2.75) is 19.8 Å². The lowest BCUT2D eigenvalue weighted by Crippen LogP contribution is -2.14. The molecule has 0 radical (unpaired) electrons. The second-order valence-corrected chi connectivity index (χ2v) is 6.07. The fraction of sp³-hybridized carbons (Fsp3) is 0.294. The largest absolute Gasteiger partial charge is 0.373 e. The monoisotopic (exact) mass is 322 g/mol. The number of carbonyl (C=O) groups is 1. The van der Waals surface area contributed by atoms with Crippen molar-refractivity contribution in [1.82, 2.24) is 20.2 Å². The molecule has 0 unspecified atom stereocenters. The zero-order chi connectivity index (χ0) is 16.7. The summed E-state index contributed by atoms with van der Waals surface area (Å²) in [5.41, 5.74) is 2.72. The summed E-state index contributed by atoms with van der Waals surface area (Å²) in [6, 6.07) is 3.86. The van der Waals surface area contributed by atoms with Crippen molar-refractivity contribution in [2.24, 2.45) is 5.92 Å². The Morgan fingerprint density at radius 2 is 2.04 bits per heavy atom. The standard InChI is InChI=1S/C17H18N6O/c1-9-5-14(23-22-9)12-7-20-16(18-2)13-8-19-15(6-11(12)13)21-17(24)10-3-4-10/h5-8,10H,3-4H2,1-2H3,(H,18,20)(H,22,23)(H,19,21,24). The third-order valence-electron chi connectivity index (χ3n) is 4.20. The number of nitrogens with zero attached hydrogens (tertiary/aromatic N) is 3. The molecular weight excluding hydrogens is 304 g/mol. The van der Waals surface area contributed by atoms with E-state index < -0.39 is 0 Å². The highest BCUT2D eigenvalue weighted by molar-refractivity contribution is 6.03. The number of anilines is 2. The molecule has 7 nitrogen and oxygen atoms in total. The van der Waals surface area contributed by atoms with E-state index in [4.69, 9.17) is 0 Å². The van der Waals surface area contributed by atoms with E-state index in [1.807, 2.05) is 26.1 Å². The molecule has 1 saturated carbocycles. The average molecular weight is 322 g/mol. The van der Waals surface area contributed by atoms with Crippen LogP contribution in [0.2, 0.25) is 0 Å². The van der Waals surface area contributed by atoms with E-state index in [1.54, 1.807) is 12.4 Å². The Morgan fingerprint density at radius 1 is 1.21 bits per heavy atom. The van der Waals surface area contributed by atoms with Crippen LogP contribution in [0.4, 0.5) is 11.6 Å². The van der Waals surface area contributed by atoms with Gasteiger partial charge in [0.25, 0.3) is 0 Å². The van der Waals surface area contributed by atoms with E-state index in [0.29, 0.717) is 5.82 Å². The fourth-order valence-corrected chi connectivity index (χ4v) is 2.75. The van der Waals surface area contributed by atoms with Gasteiger partial charge in [-0.2, -0.15) is 5.10 Å². The predicted octanol–water partition coefficient (Wildman–Crippen LogP) is 2.72. The Balaban J connectivity index is 1.83. The number of aromatic amines is 1. The van der Waals surface area contributed by atoms with Crippen molar-refractivity contribution >= 4 is 28.3 Å². The number of carbonyl (C=O) groups excluding carboxylic acids is 1. The van der Waals surface area contributed by atoms with Crippen LogP contribution in [0.5, 0.6) is 0 Å². The van der Waals surface area contributed by atoms with E-state index >= 15 is 0 Å². The summed E-state index contributed by atoms with van der Waals surface area (Å²) in [5, 5.41) is 15.0.